The predicted octanol–water partition coefficient (Wildman–Crippen LogP) is 15.4. The lowest BCUT2D eigenvalue weighted by Crippen LogP contribution is -2.10. The molecule has 0 amide bonds. The van der Waals surface area contributed by atoms with Gasteiger partial charge < -0.3 is 50.3 Å². The third-order valence-corrected chi connectivity index (χ3v) is 14.2. The zero-order valence-electron chi connectivity index (χ0n) is 44.0. The highest BCUT2D eigenvalue weighted by Crippen LogP contribution is 2.49. The number of benzene rings is 2. The molecule has 0 atom stereocenters. The van der Waals surface area contributed by atoms with Crippen molar-refractivity contribution in [3.63, 3.8) is 0 Å². The van der Waals surface area contributed by atoms with E-state index in [0.717, 1.165) is 105 Å². The molecule has 1 aliphatic carbocycles. The van der Waals surface area contributed by atoms with E-state index in [1.807, 2.05) is 76.2 Å². The molecule has 11 aromatic rings. The lowest BCUT2D eigenvalue weighted by molar-refractivity contribution is 0.254. The number of hydrogen-bond acceptors (Lipinski definition) is 10. The van der Waals surface area contributed by atoms with Gasteiger partial charge in [-0.25, -0.2) is 0 Å². The number of nitrogens with zero attached hydrogens (tertiary/aromatic N) is 5. The SMILES string of the molecule is CCOc1ccc(C2=CC(c3c(C)cc(C)c4c3c3nc(C)ccc3n4Cn3c4ccc(C)nc4c4c(-n5cc(-c6ccc(OCC)o6)c(-c6ccc(OCC)o6)c5)c(C)cc(C)c43)C=C2c2ccc(OCC)o2)o1. The molecule has 13 heteroatoms. The molecule has 1 aliphatic rings. The minimum Gasteiger partial charge on any atom is -0.465 e. The Morgan fingerprint density at radius 3 is 1.35 bits per heavy atom. The molecule has 13 nitrogen and oxygen atoms in total. The van der Waals surface area contributed by atoms with Crippen LogP contribution in [0.5, 0.6) is 23.8 Å². The van der Waals surface area contributed by atoms with E-state index >= 15 is 0 Å². The highest BCUT2D eigenvalue weighted by molar-refractivity contribution is 6.14. The molecule has 9 aromatic heterocycles. The van der Waals surface area contributed by atoms with Crippen molar-refractivity contribution < 1.29 is 36.6 Å². The van der Waals surface area contributed by atoms with Gasteiger partial charge in [-0.15, -0.1) is 0 Å². The molecule has 75 heavy (non-hydrogen) atoms. The van der Waals surface area contributed by atoms with Gasteiger partial charge in [0.2, 0.25) is 0 Å². The van der Waals surface area contributed by atoms with Gasteiger partial charge in [0.1, 0.15) is 29.7 Å². The maximum Gasteiger partial charge on any atom is 0.284 e. The summed E-state index contributed by atoms with van der Waals surface area (Å²) in [4.78, 5) is 10.7. The summed E-state index contributed by atoms with van der Waals surface area (Å²) >= 11 is 0. The minimum absolute atomic E-state index is 0.163. The first-order valence-corrected chi connectivity index (χ1v) is 25.8. The number of rotatable bonds is 16. The van der Waals surface area contributed by atoms with E-state index in [2.05, 4.69) is 116 Å². The molecule has 0 radical (unpaired) electrons. The van der Waals surface area contributed by atoms with Gasteiger partial charge in [0.05, 0.1) is 70.6 Å². The van der Waals surface area contributed by atoms with Crippen LogP contribution in [0, 0.1) is 41.5 Å². The van der Waals surface area contributed by atoms with Crippen molar-refractivity contribution in [1.82, 2.24) is 23.7 Å². The summed E-state index contributed by atoms with van der Waals surface area (Å²) in [5, 5.41) is 2.16. The van der Waals surface area contributed by atoms with Crippen molar-refractivity contribution in [3.8, 4) is 52.1 Å². The zero-order valence-corrected chi connectivity index (χ0v) is 44.0. The maximum atomic E-state index is 6.33. The van der Waals surface area contributed by atoms with E-state index in [0.29, 0.717) is 79.9 Å². The molecular weight excluding hydrogens is 943 g/mol. The third-order valence-electron chi connectivity index (χ3n) is 14.2. The number of fused-ring (bicyclic) bond motifs is 6. The molecular formula is C62H59N5O8. The Morgan fingerprint density at radius 1 is 0.467 bits per heavy atom. The Balaban J connectivity index is 1.07. The van der Waals surface area contributed by atoms with Gasteiger partial charge in [-0.1, -0.05) is 24.3 Å². The monoisotopic (exact) mass is 1000 g/mol. The quantitative estimate of drug-likeness (QED) is 0.0922. The molecule has 0 saturated heterocycles. The first-order chi connectivity index (χ1) is 36.4. The smallest absolute Gasteiger partial charge is 0.284 e. The zero-order chi connectivity index (χ0) is 51.8. The van der Waals surface area contributed by atoms with Crippen LogP contribution in [-0.4, -0.2) is 50.1 Å². The van der Waals surface area contributed by atoms with E-state index in [9.17, 15) is 0 Å². The van der Waals surface area contributed by atoms with Crippen LogP contribution in [0.1, 0.15) is 84.3 Å². The molecule has 0 unspecified atom stereocenters. The van der Waals surface area contributed by atoms with Crippen molar-refractivity contribution in [1.29, 1.82) is 0 Å². The number of allylic oxidation sites excluding steroid dienone is 4. The molecule has 0 spiro atoms. The molecule has 2 aromatic carbocycles. The number of furan rings is 4. The summed E-state index contributed by atoms with van der Waals surface area (Å²) in [6.07, 6.45) is 8.80. The van der Waals surface area contributed by atoms with Crippen LogP contribution in [0.2, 0.25) is 0 Å². The Morgan fingerprint density at radius 2 is 0.880 bits per heavy atom. The molecule has 0 bridgehead atoms. The highest BCUT2D eigenvalue weighted by atomic mass is 16.6. The topological polar surface area (TPSA) is 130 Å². The molecule has 380 valence electrons. The first kappa shape index (κ1) is 47.4. The maximum absolute atomic E-state index is 6.33. The van der Waals surface area contributed by atoms with Crippen LogP contribution in [0.3, 0.4) is 0 Å². The molecule has 0 N–H and O–H groups in total. The van der Waals surface area contributed by atoms with Gasteiger partial charge in [-0.3, -0.25) is 9.97 Å². The standard InChI is InChI=1S/C62H59N5O8/c1-11-68-51-23-19-47(72-51)41-29-40(30-42(41)48-20-24-52(73-48)69-12-2)55-34(5)27-36(7)61-56(55)58-45(17-15-38(9)63-58)66(61)33-67-46-18-16-39(10)64-59(46)57-60(35(6)28-37(8)62(57)67)65-31-43(49-21-25-53(74-49)70-13-3)44(32-65)50-22-26-54(75-50)71-14-4/h15-32,40H,11-14,33H2,1-10H3. The minimum atomic E-state index is -0.163. The average Bonchev–Trinajstić information content (AvgIpc) is 4.27. The molecule has 12 rings (SSSR count). The Labute approximate surface area is 434 Å². The summed E-state index contributed by atoms with van der Waals surface area (Å²) in [6.45, 7) is 23.2. The fourth-order valence-electron chi connectivity index (χ4n) is 11.4. The fourth-order valence-corrected chi connectivity index (χ4v) is 11.4. The largest absolute Gasteiger partial charge is 0.465 e. The van der Waals surface area contributed by atoms with Gasteiger partial charge in [0.25, 0.3) is 23.8 Å². The normalized spacial score (nSPS) is 13.0. The second-order valence-electron chi connectivity index (χ2n) is 19.3. The predicted molar refractivity (Wildman–Crippen MR) is 294 cm³/mol. The van der Waals surface area contributed by atoms with Crippen molar-refractivity contribution in [3.05, 3.63) is 160 Å². The summed E-state index contributed by atoms with van der Waals surface area (Å²) in [6, 6.07) is 28.5. The Hall–Kier alpha value is -8.58. The van der Waals surface area contributed by atoms with Gasteiger partial charge in [-0.2, -0.15) is 0 Å². The average molecular weight is 1000 g/mol. The lowest BCUT2D eigenvalue weighted by atomic mass is 9.90. The fraction of sp³-hybridized carbons (Fsp3) is 0.258. The summed E-state index contributed by atoms with van der Waals surface area (Å²) in [5.41, 5.74) is 18.2. The Kier molecular flexibility index (Phi) is 11.8. The van der Waals surface area contributed by atoms with Crippen molar-refractivity contribution in [2.24, 2.45) is 0 Å². The van der Waals surface area contributed by atoms with Crippen LogP contribution in [0.4, 0.5) is 0 Å². The van der Waals surface area contributed by atoms with Crippen LogP contribution in [0.15, 0.2) is 127 Å². The van der Waals surface area contributed by atoms with Crippen LogP contribution in [-0.2, 0) is 6.67 Å². The molecule has 0 fully saturated rings. The van der Waals surface area contributed by atoms with Crippen LogP contribution < -0.4 is 18.9 Å². The summed E-state index contributed by atoms with van der Waals surface area (Å²) in [5.74, 6) is 4.37. The van der Waals surface area contributed by atoms with Gasteiger partial charge in [0, 0.05) is 81.6 Å². The first-order valence-electron chi connectivity index (χ1n) is 25.8. The molecule has 9 heterocycles. The van der Waals surface area contributed by atoms with E-state index in [-0.39, 0.29) is 5.92 Å². The molecule has 0 saturated carbocycles. The number of ether oxygens (including phenoxy) is 4. The van der Waals surface area contributed by atoms with Crippen molar-refractivity contribution in [2.45, 2.75) is 81.8 Å². The lowest BCUT2D eigenvalue weighted by Gasteiger charge is -2.18. The molecule has 0 aliphatic heterocycles. The second kappa shape index (κ2) is 18.7. The van der Waals surface area contributed by atoms with Crippen molar-refractivity contribution >= 4 is 55.0 Å². The van der Waals surface area contributed by atoms with Crippen LogP contribution >= 0.6 is 0 Å². The van der Waals surface area contributed by atoms with Gasteiger partial charge >= 0.3 is 0 Å². The van der Waals surface area contributed by atoms with Crippen molar-refractivity contribution in [2.75, 3.05) is 26.4 Å². The number of aryl methyl sites for hydroxylation is 6. The van der Waals surface area contributed by atoms with Crippen LogP contribution in [0.25, 0.3) is 83.4 Å². The summed E-state index contributed by atoms with van der Waals surface area (Å²) < 4.78 is 55.5. The van der Waals surface area contributed by atoms with E-state index in [1.54, 1.807) is 0 Å². The third kappa shape index (κ3) is 7.99. The number of hydrogen-bond donors (Lipinski definition) is 0. The second-order valence-corrected chi connectivity index (χ2v) is 19.3. The Bertz CT molecular complexity index is 3960. The van der Waals surface area contributed by atoms with E-state index in [1.165, 1.54) is 5.56 Å². The van der Waals surface area contributed by atoms with E-state index in [4.69, 9.17) is 46.6 Å². The highest BCUT2D eigenvalue weighted by Gasteiger charge is 2.31. The van der Waals surface area contributed by atoms with Gasteiger partial charge in [-0.05, 0) is 146 Å². The number of pyridine rings is 2. The number of aromatic nitrogens is 5. The van der Waals surface area contributed by atoms with E-state index < -0.39 is 0 Å². The van der Waals surface area contributed by atoms with Gasteiger partial charge in [0.15, 0.2) is 0 Å². The summed E-state index contributed by atoms with van der Waals surface area (Å²) in [7, 11) is 0.